The number of aromatic hydroxyl groups is 6. The minimum Gasteiger partial charge on any atom is -0.508 e. The van der Waals surface area contributed by atoms with Gasteiger partial charge < -0.3 is 57.8 Å². The summed E-state index contributed by atoms with van der Waals surface area (Å²) in [4.78, 5) is 0. The van der Waals surface area contributed by atoms with Crippen molar-refractivity contribution in [1.29, 1.82) is 0 Å². The van der Waals surface area contributed by atoms with Crippen LogP contribution in [0, 0.1) is 0 Å². The van der Waals surface area contributed by atoms with Crippen molar-refractivity contribution < 1.29 is 57.8 Å². The van der Waals surface area contributed by atoms with Gasteiger partial charge in [0.2, 0.25) is 0 Å². The van der Waals surface area contributed by atoms with Gasteiger partial charge in [0.1, 0.15) is 69.0 Å². The van der Waals surface area contributed by atoms with Crippen LogP contribution in [0.1, 0.15) is 0 Å². The van der Waals surface area contributed by atoms with Crippen LogP contribution in [-0.4, -0.2) is 30.6 Å². The maximum atomic E-state index is 10.4. The van der Waals surface area contributed by atoms with E-state index in [0.29, 0.717) is 0 Å². The van der Waals surface area contributed by atoms with Crippen LogP contribution < -0.4 is 27.1 Å². The van der Waals surface area contributed by atoms with Crippen LogP contribution in [-0.2, 0) is 0 Å². The lowest BCUT2D eigenvalue weighted by Crippen LogP contribution is -2.11. The quantitative estimate of drug-likeness (QED) is 0.0639. The number of benzene rings is 6. The van der Waals surface area contributed by atoms with Gasteiger partial charge in [0.15, 0.2) is 0 Å². The molecule has 7 rings (SSSR count). The Hall–Kier alpha value is -6.39. The maximum absolute atomic E-state index is 10.4. The van der Waals surface area contributed by atoms with Gasteiger partial charge in [-0.15, -0.1) is 0 Å². The van der Waals surface area contributed by atoms with E-state index in [-0.39, 0.29) is 69.0 Å². The van der Waals surface area contributed by atoms with Gasteiger partial charge in [-0.1, -0.05) is 49.9 Å². The summed E-state index contributed by atoms with van der Waals surface area (Å²) in [5, 5.41) is 62.6. The van der Waals surface area contributed by atoms with E-state index in [0.717, 1.165) is 0 Å². The van der Waals surface area contributed by atoms with Gasteiger partial charge in [0.05, 0.1) is 0 Å². The molecule has 0 unspecified atom stereocenters. The molecule has 18 heteroatoms. The Morgan fingerprint density at radius 3 is 0.593 bits per heavy atom. The summed E-state index contributed by atoms with van der Waals surface area (Å²) in [5.41, 5.74) is 0. The Morgan fingerprint density at radius 1 is 0.278 bits per heavy atom. The summed E-state index contributed by atoms with van der Waals surface area (Å²) in [6.45, 7) is 0. The highest BCUT2D eigenvalue weighted by molar-refractivity contribution is 7.79. The fraction of sp³-hybridized carbons (Fsp3) is 0. The molecule has 54 heavy (non-hydrogen) atoms. The molecule has 1 heterocycles. The molecule has 6 N–H and O–H groups in total. The van der Waals surface area contributed by atoms with Crippen molar-refractivity contribution in [2.75, 3.05) is 0 Å². The lowest BCUT2D eigenvalue weighted by molar-refractivity contribution is 0.434. The average molecular weight is 790 g/mol. The molecule has 1 aliphatic heterocycles. The van der Waals surface area contributed by atoms with Crippen LogP contribution in [0.2, 0.25) is 0 Å². The molecular formula is C36H30N3O12P3. The van der Waals surface area contributed by atoms with Gasteiger partial charge in [-0.2, -0.15) is 0 Å². The lowest BCUT2D eigenvalue weighted by atomic mass is 10.3. The number of hydrogen-bond acceptors (Lipinski definition) is 15. The number of phenols is 6. The van der Waals surface area contributed by atoms with E-state index in [1.165, 1.54) is 146 Å². The zero-order chi connectivity index (χ0) is 37.8. The molecule has 0 amide bonds. The van der Waals surface area contributed by atoms with Gasteiger partial charge in [-0.3, -0.25) is 0 Å². The number of nitrogens with zero attached hydrogens (tertiary/aromatic N) is 3. The third kappa shape index (κ3) is 8.79. The molecule has 15 nitrogen and oxygen atoms in total. The van der Waals surface area contributed by atoms with Crippen molar-refractivity contribution in [3.05, 3.63) is 146 Å². The number of phenolic OH excluding ortho intramolecular Hbond substituents is 6. The molecule has 6 aromatic rings. The standard InChI is InChI=1S/C36H30N3O12P3/c40-25-7-1-13-31(19-25)46-52(47-32-14-2-8-26(41)20-32)37-53(48-33-15-3-9-27(42)21-33,49-34-16-4-10-28(43)22-34)39-54(38-52,50-35-17-5-11-29(44)23-35)51-36-18-6-12-30(45)24-36/h1-24,40-45H. The van der Waals surface area contributed by atoms with Gasteiger partial charge in [-0.05, 0) is 72.8 Å². The molecule has 0 aliphatic carbocycles. The third-order valence-corrected chi connectivity index (χ3v) is 15.0. The van der Waals surface area contributed by atoms with Crippen molar-refractivity contribution in [2.45, 2.75) is 0 Å². The van der Waals surface area contributed by atoms with E-state index in [2.05, 4.69) is 0 Å². The minimum atomic E-state index is -4.43. The molecule has 0 spiro atoms. The molecule has 276 valence electrons. The zero-order valence-corrected chi connectivity index (χ0v) is 30.4. The fourth-order valence-electron chi connectivity index (χ4n) is 4.82. The van der Waals surface area contributed by atoms with E-state index in [1.54, 1.807) is 0 Å². The SMILES string of the molecule is Oc1cccc(OP2(Oc3cccc(O)c3)=NP(Oc3cccc(O)c3)(Oc3cccc(O)c3)=NP(Oc3cccc(O)c3)(Oc3cccc(O)c3)=N2)c1. The molecule has 0 saturated heterocycles. The zero-order valence-electron chi connectivity index (χ0n) is 27.7. The third-order valence-electron chi connectivity index (χ3n) is 6.93. The highest BCUT2D eigenvalue weighted by Gasteiger charge is 2.49. The summed E-state index contributed by atoms with van der Waals surface area (Å²) in [7, 11) is -13.3. The predicted molar refractivity (Wildman–Crippen MR) is 200 cm³/mol. The van der Waals surface area contributed by atoms with Crippen LogP contribution in [0.5, 0.6) is 69.0 Å². The van der Waals surface area contributed by atoms with Gasteiger partial charge in [-0.25, -0.2) is 0 Å². The van der Waals surface area contributed by atoms with Gasteiger partial charge in [0, 0.05) is 36.4 Å². The molecular weight excluding hydrogens is 759 g/mol. The Kier molecular flexibility index (Phi) is 9.94. The molecule has 0 saturated carbocycles. The summed E-state index contributed by atoms with van der Waals surface area (Å²) in [6, 6.07) is 34.2. The van der Waals surface area contributed by atoms with Crippen molar-refractivity contribution >= 4 is 23.0 Å². The van der Waals surface area contributed by atoms with Crippen LogP contribution in [0.4, 0.5) is 0 Å². The van der Waals surface area contributed by atoms with Gasteiger partial charge >= 0.3 is 23.0 Å². The average Bonchev–Trinajstić information content (AvgIpc) is 3.08. The minimum absolute atomic E-state index is 0.0125. The van der Waals surface area contributed by atoms with Crippen molar-refractivity contribution in [3.8, 4) is 69.0 Å². The Balaban J connectivity index is 1.59. The normalized spacial score (nSPS) is 14.9. The highest BCUT2D eigenvalue weighted by atomic mass is 31.3. The van der Waals surface area contributed by atoms with E-state index in [4.69, 9.17) is 40.7 Å². The summed E-state index contributed by atoms with van der Waals surface area (Å²) >= 11 is 0. The summed E-state index contributed by atoms with van der Waals surface area (Å²) < 4.78 is 53.8. The second-order valence-electron chi connectivity index (χ2n) is 11.3. The van der Waals surface area contributed by atoms with Crippen molar-refractivity contribution in [3.63, 3.8) is 0 Å². The Labute approximate surface area is 308 Å². The van der Waals surface area contributed by atoms with E-state index in [9.17, 15) is 30.6 Å². The first kappa shape index (κ1) is 36.0. The van der Waals surface area contributed by atoms with Crippen molar-refractivity contribution in [2.24, 2.45) is 13.5 Å². The first-order chi connectivity index (χ1) is 26.0. The number of hydrogen-bond donors (Lipinski definition) is 6. The van der Waals surface area contributed by atoms with E-state index in [1.807, 2.05) is 0 Å². The molecule has 0 aromatic heterocycles. The predicted octanol–water partition coefficient (Wildman–Crippen LogP) is 10.5. The molecule has 0 bridgehead atoms. The second-order valence-corrected chi connectivity index (χ2v) is 17.5. The van der Waals surface area contributed by atoms with Crippen molar-refractivity contribution in [1.82, 2.24) is 0 Å². The molecule has 1 aliphatic rings. The first-order valence-electron chi connectivity index (χ1n) is 15.8. The lowest BCUT2D eigenvalue weighted by Gasteiger charge is -2.33. The maximum Gasteiger partial charge on any atom is 0.460 e. The highest BCUT2D eigenvalue weighted by Crippen LogP contribution is 2.78. The molecule has 0 atom stereocenters. The molecule has 0 radical (unpaired) electrons. The van der Waals surface area contributed by atoms with Gasteiger partial charge in [0.25, 0.3) is 0 Å². The largest absolute Gasteiger partial charge is 0.508 e. The topological polar surface area (TPSA) is 214 Å². The summed E-state index contributed by atoms with van der Waals surface area (Å²) in [6.07, 6.45) is 0. The smallest absolute Gasteiger partial charge is 0.460 e. The van der Waals surface area contributed by atoms with E-state index >= 15 is 0 Å². The molecule has 6 aromatic carbocycles. The Bertz CT molecular complexity index is 2070. The summed E-state index contributed by atoms with van der Waals surface area (Å²) in [5.74, 6) is -0.976. The monoisotopic (exact) mass is 789 g/mol. The number of rotatable bonds is 12. The van der Waals surface area contributed by atoms with Crippen LogP contribution >= 0.6 is 23.0 Å². The van der Waals surface area contributed by atoms with Crippen LogP contribution in [0.15, 0.2) is 159 Å². The van der Waals surface area contributed by atoms with E-state index < -0.39 is 23.0 Å². The van der Waals surface area contributed by atoms with Crippen LogP contribution in [0.25, 0.3) is 0 Å². The van der Waals surface area contributed by atoms with Crippen LogP contribution in [0.3, 0.4) is 0 Å². The fourth-order valence-corrected chi connectivity index (χ4v) is 13.8. The Morgan fingerprint density at radius 2 is 0.444 bits per heavy atom. The molecule has 0 fully saturated rings. The second kappa shape index (κ2) is 14.9. The first-order valence-corrected chi connectivity index (χ1v) is 20.4.